The Morgan fingerprint density at radius 1 is 1.00 bits per heavy atom. The lowest BCUT2D eigenvalue weighted by molar-refractivity contribution is 0.158. The summed E-state index contributed by atoms with van der Waals surface area (Å²) >= 11 is 0. The predicted octanol–water partition coefficient (Wildman–Crippen LogP) is 4.91. The number of carbonyl (C=O) groups excluding carboxylic acids is 1. The van der Waals surface area contributed by atoms with Gasteiger partial charge in [0.05, 0.1) is 26.0 Å². The minimum absolute atomic E-state index is 0.0205. The molecule has 172 valence electrons. The lowest BCUT2D eigenvalue weighted by atomic mass is 9.98. The maximum absolute atomic E-state index is 12.7. The number of nitrogens with zero attached hydrogens (tertiary/aromatic N) is 2. The fourth-order valence-electron chi connectivity index (χ4n) is 4.45. The van der Waals surface area contributed by atoms with Crippen molar-refractivity contribution >= 4 is 11.9 Å². The molecular weight excluding hydrogens is 430 g/mol. The van der Waals surface area contributed by atoms with Crippen LogP contribution in [0.3, 0.4) is 0 Å². The van der Waals surface area contributed by atoms with Crippen molar-refractivity contribution in [1.82, 2.24) is 9.78 Å². The van der Waals surface area contributed by atoms with Gasteiger partial charge in [-0.2, -0.15) is 5.10 Å². The number of carbonyl (C=O) groups is 1. The third kappa shape index (κ3) is 4.13. The Kier molecular flexibility index (Phi) is 6.01. The first kappa shape index (κ1) is 21.7. The van der Waals surface area contributed by atoms with Gasteiger partial charge in [-0.15, -0.1) is 0 Å². The molecule has 0 radical (unpaired) electrons. The molecule has 0 bridgehead atoms. The molecule has 34 heavy (non-hydrogen) atoms. The van der Waals surface area contributed by atoms with Gasteiger partial charge in [-0.25, -0.2) is 9.48 Å². The lowest BCUT2D eigenvalue weighted by Crippen LogP contribution is -2.20. The minimum Gasteiger partial charge on any atom is -0.497 e. The Hall–Kier alpha value is -4.10. The van der Waals surface area contributed by atoms with E-state index in [1.807, 2.05) is 48.5 Å². The van der Waals surface area contributed by atoms with E-state index >= 15 is 0 Å². The molecule has 5 rings (SSSR count). The van der Waals surface area contributed by atoms with Gasteiger partial charge >= 0.3 is 6.09 Å². The zero-order chi connectivity index (χ0) is 23.5. The molecule has 7 nitrogen and oxygen atoms in total. The topological polar surface area (TPSA) is 85.6 Å². The molecule has 3 aromatic carbocycles. The van der Waals surface area contributed by atoms with E-state index in [1.165, 1.54) is 11.1 Å². The summed E-state index contributed by atoms with van der Waals surface area (Å²) in [5.74, 6) is 1.14. The molecular formula is C27H25N3O4. The van der Waals surface area contributed by atoms with E-state index in [0.29, 0.717) is 17.3 Å². The van der Waals surface area contributed by atoms with Gasteiger partial charge in [0.1, 0.15) is 18.2 Å². The number of hydrogen-bond donors (Lipinski definition) is 2. The Morgan fingerprint density at radius 3 is 2.38 bits per heavy atom. The number of fused-ring (bicyclic) bond motifs is 3. The third-order valence-corrected chi connectivity index (χ3v) is 6.03. The molecule has 0 unspecified atom stereocenters. The van der Waals surface area contributed by atoms with Crippen LogP contribution in [0.4, 0.5) is 10.6 Å². The van der Waals surface area contributed by atoms with Crippen molar-refractivity contribution in [1.29, 1.82) is 0 Å². The first-order valence-corrected chi connectivity index (χ1v) is 11.1. The lowest BCUT2D eigenvalue weighted by Gasteiger charge is -2.15. The van der Waals surface area contributed by atoms with Crippen LogP contribution in [0.2, 0.25) is 0 Å². The maximum atomic E-state index is 12.7. The number of rotatable bonds is 7. The molecule has 1 heterocycles. The zero-order valence-electron chi connectivity index (χ0n) is 18.8. The van der Waals surface area contributed by atoms with Crippen LogP contribution in [-0.2, 0) is 11.3 Å². The van der Waals surface area contributed by atoms with Crippen LogP contribution < -0.4 is 10.1 Å². The van der Waals surface area contributed by atoms with Crippen LogP contribution in [0.5, 0.6) is 5.75 Å². The highest BCUT2D eigenvalue weighted by atomic mass is 16.5. The Bertz CT molecular complexity index is 1290. The molecule has 0 saturated carbocycles. The quantitative estimate of drug-likeness (QED) is 0.414. The number of anilines is 1. The number of ether oxygens (including phenoxy) is 2. The molecule has 1 aliphatic carbocycles. The number of aliphatic hydroxyl groups is 1. The first-order chi connectivity index (χ1) is 16.7. The molecule has 7 heteroatoms. The molecule has 0 saturated heterocycles. The summed E-state index contributed by atoms with van der Waals surface area (Å²) in [6.07, 6.45) is -0.571. The number of benzene rings is 3. The van der Waals surface area contributed by atoms with Crippen LogP contribution in [0.15, 0.2) is 78.9 Å². The number of nitrogens with one attached hydrogen (secondary N) is 1. The van der Waals surface area contributed by atoms with Crippen molar-refractivity contribution < 1.29 is 19.4 Å². The summed E-state index contributed by atoms with van der Waals surface area (Å²) in [7, 11) is 1.60. The molecule has 0 spiro atoms. The summed E-state index contributed by atoms with van der Waals surface area (Å²) < 4.78 is 12.5. The molecule has 1 amide bonds. The minimum atomic E-state index is -0.571. The van der Waals surface area contributed by atoms with Gasteiger partial charge in [0.15, 0.2) is 0 Å². The van der Waals surface area contributed by atoms with Crippen molar-refractivity contribution in [3.8, 4) is 28.1 Å². The highest BCUT2D eigenvalue weighted by molar-refractivity contribution is 5.85. The van der Waals surface area contributed by atoms with Crippen molar-refractivity contribution in [3.05, 3.63) is 90.0 Å². The molecule has 0 aliphatic heterocycles. The maximum Gasteiger partial charge on any atom is 0.412 e. The second-order valence-electron chi connectivity index (χ2n) is 8.04. The van der Waals surface area contributed by atoms with Crippen LogP contribution in [0.25, 0.3) is 22.4 Å². The van der Waals surface area contributed by atoms with E-state index < -0.39 is 6.09 Å². The third-order valence-electron chi connectivity index (χ3n) is 6.03. The molecule has 4 aromatic rings. The van der Waals surface area contributed by atoms with Gasteiger partial charge in [0.25, 0.3) is 0 Å². The molecule has 0 atom stereocenters. The normalized spacial score (nSPS) is 12.2. The van der Waals surface area contributed by atoms with Crippen molar-refractivity contribution in [2.45, 2.75) is 12.5 Å². The van der Waals surface area contributed by atoms with E-state index in [-0.39, 0.29) is 25.7 Å². The van der Waals surface area contributed by atoms with E-state index in [4.69, 9.17) is 9.47 Å². The zero-order valence-corrected chi connectivity index (χ0v) is 18.8. The molecule has 0 fully saturated rings. The van der Waals surface area contributed by atoms with E-state index in [2.05, 4.69) is 34.7 Å². The fraction of sp³-hybridized carbons (Fsp3) is 0.185. The standard InChI is InChI=1S/C27H25N3O4/c1-33-19-8-6-7-18(15-19)25-16-26(30(29-25)13-14-31)28-27(32)34-17-24-22-11-4-2-9-20(22)21-10-3-5-12-23(21)24/h2-12,15-16,24,31H,13-14,17H2,1H3,(H,28,32). The number of hydrogen-bond acceptors (Lipinski definition) is 5. The predicted molar refractivity (Wildman–Crippen MR) is 130 cm³/mol. The van der Waals surface area contributed by atoms with Crippen LogP contribution in [0, 0.1) is 0 Å². The summed E-state index contributed by atoms with van der Waals surface area (Å²) in [5, 5.41) is 16.8. The molecule has 1 aromatic heterocycles. The Balaban J connectivity index is 1.33. The van der Waals surface area contributed by atoms with E-state index in [1.54, 1.807) is 17.9 Å². The van der Waals surface area contributed by atoms with Crippen molar-refractivity contribution in [2.24, 2.45) is 0 Å². The SMILES string of the molecule is COc1cccc(-c2cc(NC(=O)OCC3c4ccccc4-c4ccccc43)n(CCO)n2)c1. The molecule has 1 aliphatic rings. The number of amides is 1. The molecule has 2 N–H and O–H groups in total. The monoisotopic (exact) mass is 455 g/mol. The summed E-state index contributed by atoms with van der Waals surface area (Å²) in [6.45, 7) is 0.346. The van der Waals surface area contributed by atoms with Crippen LogP contribution in [0.1, 0.15) is 17.0 Å². The van der Waals surface area contributed by atoms with Crippen molar-refractivity contribution in [3.63, 3.8) is 0 Å². The number of methoxy groups -OCH3 is 1. The van der Waals surface area contributed by atoms with E-state index in [9.17, 15) is 9.90 Å². The van der Waals surface area contributed by atoms with Gasteiger partial charge in [-0.3, -0.25) is 5.32 Å². The van der Waals surface area contributed by atoms with Gasteiger partial charge in [-0.05, 0) is 34.4 Å². The Morgan fingerprint density at radius 2 is 1.71 bits per heavy atom. The van der Waals surface area contributed by atoms with Crippen LogP contribution >= 0.6 is 0 Å². The summed E-state index contributed by atoms with van der Waals surface area (Å²) in [4.78, 5) is 12.7. The number of aliphatic hydroxyl groups excluding tert-OH is 1. The first-order valence-electron chi connectivity index (χ1n) is 11.1. The van der Waals surface area contributed by atoms with Gasteiger partial charge in [0.2, 0.25) is 0 Å². The largest absolute Gasteiger partial charge is 0.497 e. The second kappa shape index (κ2) is 9.41. The fourth-order valence-corrected chi connectivity index (χ4v) is 4.45. The van der Waals surface area contributed by atoms with Crippen LogP contribution in [-0.4, -0.2) is 41.3 Å². The average Bonchev–Trinajstić information content (AvgIpc) is 3.42. The average molecular weight is 456 g/mol. The van der Waals surface area contributed by atoms with Gasteiger partial charge in [-0.1, -0.05) is 60.7 Å². The van der Waals surface area contributed by atoms with Gasteiger partial charge in [0, 0.05) is 17.5 Å². The second-order valence-corrected chi connectivity index (χ2v) is 8.04. The highest BCUT2D eigenvalue weighted by Crippen LogP contribution is 2.44. The summed E-state index contributed by atoms with van der Waals surface area (Å²) in [6, 6.07) is 25.7. The van der Waals surface area contributed by atoms with Gasteiger partial charge < -0.3 is 14.6 Å². The number of aromatic nitrogens is 2. The Labute approximate surface area is 197 Å². The highest BCUT2D eigenvalue weighted by Gasteiger charge is 2.29. The van der Waals surface area contributed by atoms with Crippen molar-refractivity contribution in [2.75, 3.05) is 25.6 Å². The summed E-state index contributed by atoms with van der Waals surface area (Å²) in [5.41, 5.74) is 6.16. The van der Waals surface area contributed by atoms with E-state index in [0.717, 1.165) is 16.7 Å². The smallest absolute Gasteiger partial charge is 0.412 e.